The summed E-state index contributed by atoms with van der Waals surface area (Å²) < 4.78 is 0. The van der Waals surface area contributed by atoms with Crippen LogP contribution < -0.4 is 0 Å². The van der Waals surface area contributed by atoms with E-state index < -0.39 is 0 Å². The lowest BCUT2D eigenvalue weighted by atomic mass is 10.1. The van der Waals surface area contributed by atoms with Crippen LogP contribution in [0.2, 0.25) is 5.02 Å². The first-order valence-corrected chi connectivity index (χ1v) is 5.28. The average Bonchev–Trinajstić information content (AvgIpc) is 2.17. The molecule has 0 spiro atoms. The number of hydrogen-bond donors (Lipinski definition) is 1. The van der Waals surface area contributed by atoms with Crippen molar-refractivity contribution >= 4 is 11.6 Å². The molecule has 1 aromatic carbocycles. The molecular formula is C11H16ClNO. The number of halogens is 1. The topological polar surface area (TPSA) is 23.5 Å². The summed E-state index contributed by atoms with van der Waals surface area (Å²) in [5.41, 5.74) is 1.20. The van der Waals surface area contributed by atoms with E-state index >= 15 is 0 Å². The SMILES string of the molecule is CCCN(O)CCc1ccc(Cl)cc1. The summed E-state index contributed by atoms with van der Waals surface area (Å²) in [6.07, 6.45) is 1.82. The lowest BCUT2D eigenvalue weighted by Crippen LogP contribution is -2.22. The summed E-state index contributed by atoms with van der Waals surface area (Å²) in [5, 5.41) is 11.5. The second-order valence-electron chi connectivity index (χ2n) is 3.33. The van der Waals surface area contributed by atoms with Gasteiger partial charge in [0, 0.05) is 18.1 Å². The van der Waals surface area contributed by atoms with Crippen molar-refractivity contribution in [1.29, 1.82) is 0 Å². The monoisotopic (exact) mass is 213 g/mol. The van der Waals surface area contributed by atoms with Gasteiger partial charge in [-0.05, 0) is 30.5 Å². The number of rotatable bonds is 5. The Balaban J connectivity index is 2.34. The maximum absolute atomic E-state index is 9.37. The van der Waals surface area contributed by atoms with Crippen molar-refractivity contribution in [1.82, 2.24) is 5.06 Å². The van der Waals surface area contributed by atoms with Gasteiger partial charge in [0.15, 0.2) is 0 Å². The van der Waals surface area contributed by atoms with Crippen LogP contribution in [0.5, 0.6) is 0 Å². The van der Waals surface area contributed by atoms with E-state index in [1.807, 2.05) is 31.2 Å². The third-order valence-electron chi connectivity index (χ3n) is 2.05. The van der Waals surface area contributed by atoms with Crippen molar-refractivity contribution in [3.8, 4) is 0 Å². The molecule has 1 N–H and O–H groups in total. The van der Waals surface area contributed by atoms with Gasteiger partial charge < -0.3 is 5.21 Å². The molecule has 2 nitrogen and oxygen atoms in total. The van der Waals surface area contributed by atoms with E-state index in [-0.39, 0.29) is 0 Å². The molecule has 0 unspecified atom stereocenters. The molecule has 0 aliphatic carbocycles. The Morgan fingerprint density at radius 3 is 2.43 bits per heavy atom. The van der Waals surface area contributed by atoms with Gasteiger partial charge in [-0.3, -0.25) is 0 Å². The molecule has 0 bridgehead atoms. The van der Waals surface area contributed by atoms with Gasteiger partial charge in [-0.15, -0.1) is 0 Å². The summed E-state index contributed by atoms with van der Waals surface area (Å²) in [4.78, 5) is 0. The van der Waals surface area contributed by atoms with E-state index in [9.17, 15) is 5.21 Å². The Kier molecular flexibility index (Phi) is 4.94. The molecule has 0 radical (unpaired) electrons. The number of hydroxylamine groups is 2. The normalized spacial score (nSPS) is 10.9. The molecule has 0 aromatic heterocycles. The van der Waals surface area contributed by atoms with Crippen molar-refractivity contribution < 1.29 is 5.21 Å². The van der Waals surface area contributed by atoms with Gasteiger partial charge in [0.1, 0.15) is 0 Å². The smallest absolute Gasteiger partial charge is 0.0406 e. The molecule has 0 saturated carbocycles. The molecule has 0 aliphatic heterocycles. The Hall–Kier alpha value is -0.570. The van der Waals surface area contributed by atoms with Crippen molar-refractivity contribution in [3.05, 3.63) is 34.9 Å². The summed E-state index contributed by atoms with van der Waals surface area (Å²) in [5.74, 6) is 0. The molecular weight excluding hydrogens is 198 g/mol. The van der Waals surface area contributed by atoms with Crippen LogP contribution in [0, 0.1) is 0 Å². The van der Waals surface area contributed by atoms with Gasteiger partial charge >= 0.3 is 0 Å². The van der Waals surface area contributed by atoms with Gasteiger partial charge in [-0.2, -0.15) is 5.06 Å². The molecule has 0 fully saturated rings. The summed E-state index contributed by atoms with van der Waals surface area (Å²) in [6, 6.07) is 7.72. The lowest BCUT2D eigenvalue weighted by Gasteiger charge is -2.12. The second-order valence-corrected chi connectivity index (χ2v) is 3.77. The lowest BCUT2D eigenvalue weighted by molar-refractivity contribution is -0.0893. The number of benzene rings is 1. The highest BCUT2D eigenvalue weighted by Crippen LogP contribution is 2.10. The van der Waals surface area contributed by atoms with E-state index in [1.165, 1.54) is 10.6 Å². The first kappa shape index (κ1) is 11.5. The Morgan fingerprint density at radius 2 is 1.86 bits per heavy atom. The maximum atomic E-state index is 9.37. The van der Waals surface area contributed by atoms with Crippen molar-refractivity contribution in [2.75, 3.05) is 13.1 Å². The molecule has 0 saturated heterocycles. The summed E-state index contributed by atoms with van der Waals surface area (Å²) in [6.45, 7) is 3.45. The van der Waals surface area contributed by atoms with E-state index in [2.05, 4.69) is 0 Å². The van der Waals surface area contributed by atoms with Crippen LogP contribution >= 0.6 is 11.6 Å². The predicted octanol–water partition coefficient (Wildman–Crippen LogP) is 2.98. The minimum atomic E-state index is 0.676. The fraction of sp³-hybridized carbons (Fsp3) is 0.455. The van der Waals surface area contributed by atoms with E-state index in [1.54, 1.807) is 0 Å². The van der Waals surface area contributed by atoms with Crippen LogP contribution in [0.25, 0.3) is 0 Å². The molecule has 78 valence electrons. The zero-order chi connectivity index (χ0) is 10.4. The Bertz CT molecular complexity index is 260. The predicted molar refractivity (Wildman–Crippen MR) is 58.8 cm³/mol. The molecule has 14 heavy (non-hydrogen) atoms. The van der Waals surface area contributed by atoms with Crippen LogP contribution in [0.15, 0.2) is 24.3 Å². The average molecular weight is 214 g/mol. The largest absolute Gasteiger partial charge is 0.314 e. The van der Waals surface area contributed by atoms with Crippen molar-refractivity contribution in [2.45, 2.75) is 19.8 Å². The van der Waals surface area contributed by atoms with Crippen molar-refractivity contribution in [3.63, 3.8) is 0 Å². The first-order chi connectivity index (χ1) is 6.72. The highest BCUT2D eigenvalue weighted by Gasteiger charge is 1.99. The third kappa shape index (κ3) is 4.09. The van der Waals surface area contributed by atoms with Crippen LogP contribution in [-0.4, -0.2) is 23.4 Å². The second kappa shape index (κ2) is 6.02. The van der Waals surface area contributed by atoms with Gasteiger partial charge in [-0.25, -0.2) is 0 Å². The minimum absolute atomic E-state index is 0.676. The molecule has 0 heterocycles. The van der Waals surface area contributed by atoms with Gasteiger partial charge in [0.05, 0.1) is 0 Å². The fourth-order valence-electron chi connectivity index (χ4n) is 1.28. The van der Waals surface area contributed by atoms with Gasteiger partial charge in [-0.1, -0.05) is 30.7 Å². The molecule has 1 aromatic rings. The first-order valence-electron chi connectivity index (χ1n) is 4.90. The van der Waals surface area contributed by atoms with Gasteiger partial charge in [0.25, 0.3) is 0 Å². The molecule has 0 amide bonds. The fourth-order valence-corrected chi connectivity index (χ4v) is 1.41. The summed E-state index contributed by atoms with van der Waals surface area (Å²) >= 11 is 5.76. The number of nitrogens with zero attached hydrogens (tertiary/aromatic N) is 1. The van der Waals surface area contributed by atoms with Crippen LogP contribution in [0.1, 0.15) is 18.9 Å². The summed E-state index contributed by atoms with van der Waals surface area (Å²) in [7, 11) is 0. The standard InChI is InChI=1S/C11H16ClNO/c1-2-8-13(14)9-7-10-3-5-11(12)6-4-10/h3-6,14H,2,7-9H2,1H3. The van der Waals surface area contributed by atoms with E-state index in [0.717, 1.165) is 24.4 Å². The van der Waals surface area contributed by atoms with Gasteiger partial charge in [0.2, 0.25) is 0 Å². The van der Waals surface area contributed by atoms with Crippen LogP contribution in [0.4, 0.5) is 0 Å². The zero-order valence-electron chi connectivity index (χ0n) is 8.41. The quantitative estimate of drug-likeness (QED) is 0.761. The zero-order valence-corrected chi connectivity index (χ0v) is 9.17. The maximum Gasteiger partial charge on any atom is 0.0406 e. The highest BCUT2D eigenvalue weighted by molar-refractivity contribution is 6.30. The Labute approximate surface area is 90.1 Å². The molecule has 3 heteroatoms. The Morgan fingerprint density at radius 1 is 1.21 bits per heavy atom. The molecule has 0 aliphatic rings. The van der Waals surface area contributed by atoms with Crippen molar-refractivity contribution in [2.24, 2.45) is 0 Å². The van der Waals surface area contributed by atoms with Crippen LogP contribution in [-0.2, 0) is 6.42 Å². The van der Waals surface area contributed by atoms with Crippen LogP contribution in [0.3, 0.4) is 0 Å². The van der Waals surface area contributed by atoms with E-state index in [0.29, 0.717) is 6.54 Å². The highest BCUT2D eigenvalue weighted by atomic mass is 35.5. The molecule has 1 rings (SSSR count). The molecule has 0 atom stereocenters. The van der Waals surface area contributed by atoms with E-state index in [4.69, 9.17) is 11.6 Å². The minimum Gasteiger partial charge on any atom is -0.314 e. The number of hydrogen-bond acceptors (Lipinski definition) is 2. The third-order valence-corrected chi connectivity index (χ3v) is 2.31.